The van der Waals surface area contributed by atoms with Crippen LogP contribution in [0, 0.1) is 11.6 Å². The maximum absolute atomic E-state index is 13.6. The molecule has 0 spiro atoms. The molecular formula is C14H17F2NO. The molecule has 1 atom stereocenters. The van der Waals surface area contributed by atoms with Gasteiger partial charge in [-0.2, -0.15) is 0 Å². The third kappa shape index (κ3) is 2.52. The van der Waals surface area contributed by atoms with E-state index in [1.807, 2.05) is 6.92 Å². The molecule has 1 amide bonds. The van der Waals surface area contributed by atoms with Gasteiger partial charge in [0.1, 0.15) is 11.6 Å². The van der Waals surface area contributed by atoms with Crippen LogP contribution < -0.4 is 0 Å². The van der Waals surface area contributed by atoms with Gasteiger partial charge in [0.05, 0.1) is 5.56 Å². The van der Waals surface area contributed by atoms with Crippen LogP contribution >= 0.6 is 0 Å². The Kier molecular flexibility index (Phi) is 3.94. The highest BCUT2D eigenvalue weighted by Gasteiger charge is 2.27. The Balaban J connectivity index is 2.26. The second kappa shape index (κ2) is 5.46. The van der Waals surface area contributed by atoms with Gasteiger partial charge in [-0.15, -0.1) is 0 Å². The molecule has 1 aliphatic rings. The highest BCUT2D eigenvalue weighted by atomic mass is 19.1. The molecule has 98 valence electrons. The van der Waals surface area contributed by atoms with Crippen LogP contribution in [0.15, 0.2) is 18.2 Å². The van der Waals surface area contributed by atoms with Crippen LogP contribution in [0.25, 0.3) is 0 Å². The molecule has 1 fully saturated rings. The van der Waals surface area contributed by atoms with Crippen molar-refractivity contribution >= 4 is 5.91 Å². The molecule has 4 heteroatoms. The first-order chi connectivity index (χ1) is 8.63. The lowest BCUT2D eigenvalue weighted by atomic mass is 9.99. The van der Waals surface area contributed by atoms with Gasteiger partial charge in [0.2, 0.25) is 0 Å². The highest BCUT2D eigenvalue weighted by Crippen LogP contribution is 2.23. The van der Waals surface area contributed by atoms with Crippen LogP contribution in [0.4, 0.5) is 8.78 Å². The summed E-state index contributed by atoms with van der Waals surface area (Å²) in [5.41, 5.74) is -0.157. The summed E-state index contributed by atoms with van der Waals surface area (Å²) in [6.07, 6.45) is 3.81. The molecule has 1 aromatic carbocycles. The minimum Gasteiger partial charge on any atom is -0.336 e. The minimum atomic E-state index is -0.651. The zero-order valence-electron chi connectivity index (χ0n) is 10.5. The molecule has 0 N–H and O–H groups in total. The Morgan fingerprint density at radius 1 is 1.39 bits per heavy atom. The third-order valence-corrected chi connectivity index (χ3v) is 3.52. The lowest BCUT2D eigenvalue weighted by Gasteiger charge is -2.35. The zero-order chi connectivity index (χ0) is 13.1. The van der Waals surface area contributed by atoms with Crippen LogP contribution in [0.2, 0.25) is 0 Å². The van der Waals surface area contributed by atoms with E-state index in [0.717, 1.165) is 43.9 Å². The van der Waals surface area contributed by atoms with Gasteiger partial charge >= 0.3 is 0 Å². The van der Waals surface area contributed by atoms with E-state index >= 15 is 0 Å². The highest BCUT2D eigenvalue weighted by molar-refractivity contribution is 5.94. The van der Waals surface area contributed by atoms with Gasteiger partial charge < -0.3 is 4.90 Å². The van der Waals surface area contributed by atoms with Gasteiger partial charge in [-0.05, 0) is 43.9 Å². The normalized spacial score (nSPS) is 19.9. The first kappa shape index (κ1) is 13.0. The summed E-state index contributed by atoms with van der Waals surface area (Å²) in [5, 5.41) is 0. The molecule has 1 heterocycles. The monoisotopic (exact) mass is 253 g/mol. The molecule has 0 aliphatic carbocycles. The summed E-state index contributed by atoms with van der Waals surface area (Å²) in [6, 6.07) is 3.17. The predicted octanol–water partition coefficient (Wildman–Crippen LogP) is 3.37. The van der Waals surface area contributed by atoms with Crippen molar-refractivity contribution in [3.05, 3.63) is 35.4 Å². The van der Waals surface area contributed by atoms with Crippen LogP contribution in [0.1, 0.15) is 43.0 Å². The number of amides is 1. The summed E-state index contributed by atoms with van der Waals surface area (Å²) in [5.74, 6) is -1.62. The van der Waals surface area contributed by atoms with Crippen molar-refractivity contribution in [2.24, 2.45) is 0 Å². The lowest BCUT2D eigenvalue weighted by Crippen LogP contribution is -2.43. The summed E-state index contributed by atoms with van der Waals surface area (Å²) in [6.45, 7) is 2.64. The molecule has 0 saturated carbocycles. The van der Waals surface area contributed by atoms with E-state index in [-0.39, 0.29) is 11.6 Å². The number of halogens is 2. The number of hydrogen-bond acceptors (Lipinski definition) is 1. The van der Waals surface area contributed by atoms with E-state index in [2.05, 4.69) is 0 Å². The lowest BCUT2D eigenvalue weighted by molar-refractivity contribution is 0.0602. The van der Waals surface area contributed by atoms with Gasteiger partial charge in [-0.3, -0.25) is 4.79 Å². The summed E-state index contributed by atoms with van der Waals surface area (Å²) >= 11 is 0. The molecule has 2 nitrogen and oxygen atoms in total. The molecule has 18 heavy (non-hydrogen) atoms. The third-order valence-electron chi connectivity index (χ3n) is 3.52. The van der Waals surface area contributed by atoms with Crippen molar-refractivity contribution in [2.75, 3.05) is 6.54 Å². The molecule has 1 aliphatic heterocycles. The summed E-state index contributed by atoms with van der Waals surface area (Å²) in [7, 11) is 0. The number of piperidine rings is 1. The van der Waals surface area contributed by atoms with Crippen molar-refractivity contribution in [3.63, 3.8) is 0 Å². The van der Waals surface area contributed by atoms with E-state index in [1.54, 1.807) is 4.90 Å². The van der Waals surface area contributed by atoms with E-state index in [4.69, 9.17) is 0 Å². The molecule has 2 rings (SSSR count). The van der Waals surface area contributed by atoms with Gasteiger partial charge in [0.15, 0.2) is 0 Å². The summed E-state index contributed by atoms with van der Waals surface area (Å²) in [4.78, 5) is 13.9. The Hall–Kier alpha value is -1.45. The zero-order valence-corrected chi connectivity index (χ0v) is 10.5. The van der Waals surface area contributed by atoms with E-state index < -0.39 is 17.5 Å². The number of rotatable bonds is 2. The number of likely N-dealkylation sites (tertiary alicyclic amines) is 1. The average molecular weight is 253 g/mol. The van der Waals surface area contributed by atoms with Crippen LogP contribution in [-0.2, 0) is 0 Å². The standard InChI is InChI=1S/C14H17F2NO/c1-2-11-5-3-4-8-17(11)14(18)12-9-10(15)6-7-13(12)16/h6-7,9,11H,2-5,8H2,1H3. The quantitative estimate of drug-likeness (QED) is 0.791. The van der Waals surface area contributed by atoms with Crippen molar-refractivity contribution < 1.29 is 13.6 Å². The topological polar surface area (TPSA) is 20.3 Å². The second-order valence-electron chi connectivity index (χ2n) is 4.68. The molecule has 1 saturated heterocycles. The van der Waals surface area contributed by atoms with E-state index in [9.17, 15) is 13.6 Å². The SMILES string of the molecule is CCC1CCCCN1C(=O)c1cc(F)ccc1F. The van der Waals surface area contributed by atoms with Gasteiger partial charge in [0.25, 0.3) is 5.91 Å². The Morgan fingerprint density at radius 2 is 2.17 bits per heavy atom. The molecule has 0 aromatic heterocycles. The van der Waals surface area contributed by atoms with Gasteiger partial charge in [0, 0.05) is 12.6 Å². The van der Waals surface area contributed by atoms with Crippen molar-refractivity contribution in [3.8, 4) is 0 Å². The molecule has 1 unspecified atom stereocenters. The van der Waals surface area contributed by atoms with E-state index in [0.29, 0.717) is 6.54 Å². The first-order valence-electron chi connectivity index (χ1n) is 6.39. The van der Waals surface area contributed by atoms with Crippen molar-refractivity contribution in [2.45, 2.75) is 38.6 Å². The molecule has 0 radical (unpaired) electrons. The number of carbonyl (C=O) groups is 1. The second-order valence-corrected chi connectivity index (χ2v) is 4.68. The number of nitrogens with zero attached hydrogens (tertiary/aromatic N) is 1. The maximum Gasteiger partial charge on any atom is 0.257 e. The Bertz CT molecular complexity index is 447. The number of benzene rings is 1. The Morgan fingerprint density at radius 3 is 2.89 bits per heavy atom. The smallest absolute Gasteiger partial charge is 0.257 e. The largest absolute Gasteiger partial charge is 0.336 e. The molecular weight excluding hydrogens is 236 g/mol. The fraction of sp³-hybridized carbons (Fsp3) is 0.500. The van der Waals surface area contributed by atoms with Gasteiger partial charge in [-0.1, -0.05) is 6.92 Å². The van der Waals surface area contributed by atoms with Crippen LogP contribution in [-0.4, -0.2) is 23.4 Å². The van der Waals surface area contributed by atoms with Crippen molar-refractivity contribution in [1.82, 2.24) is 4.90 Å². The fourth-order valence-corrected chi connectivity index (χ4v) is 2.51. The Labute approximate surface area is 106 Å². The molecule has 1 aromatic rings. The summed E-state index contributed by atoms with van der Waals surface area (Å²) < 4.78 is 26.7. The maximum atomic E-state index is 13.6. The first-order valence-corrected chi connectivity index (χ1v) is 6.39. The molecule has 0 bridgehead atoms. The average Bonchev–Trinajstić information content (AvgIpc) is 2.40. The fourth-order valence-electron chi connectivity index (χ4n) is 2.51. The van der Waals surface area contributed by atoms with E-state index in [1.165, 1.54) is 0 Å². The minimum absolute atomic E-state index is 0.147. The number of carbonyl (C=O) groups excluding carboxylic acids is 1. The number of hydrogen-bond donors (Lipinski definition) is 0. The predicted molar refractivity (Wildman–Crippen MR) is 65.3 cm³/mol. The van der Waals surface area contributed by atoms with Crippen molar-refractivity contribution in [1.29, 1.82) is 0 Å². The van der Waals surface area contributed by atoms with Crippen LogP contribution in [0.3, 0.4) is 0 Å². The van der Waals surface area contributed by atoms with Crippen LogP contribution in [0.5, 0.6) is 0 Å². The van der Waals surface area contributed by atoms with Gasteiger partial charge in [-0.25, -0.2) is 8.78 Å².